The Balaban J connectivity index is 2.17. The van der Waals surface area contributed by atoms with Crippen molar-refractivity contribution in [2.24, 2.45) is 0 Å². The largest absolute Gasteiger partial charge is 0.507 e. The Morgan fingerprint density at radius 3 is 2.29 bits per heavy atom. The van der Waals surface area contributed by atoms with Crippen LogP contribution in [0, 0.1) is 5.82 Å². The fraction of sp³-hybridized carbons (Fsp3) is 0.176. The van der Waals surface area contributed by atoms with Crippen LogP contribution in [-0.4, -0.2) is 10.2 Å². The number of halogens is 1. The summed E-state index contributed by atoms with van der Waals surface area (Å²) in [5, 5.41) is 20.5. The van der Waals surface area contributed by atoms with Gasteiger partial charge in [0.2, 0.25) is 0 Å². The highest BCUT2D eigenvalue weighted by atomic mass is 19.1. The molecular weight excluding hydrogens is 271 g/mol. The standard InChI is InChI=1S/C17H15FO3/c1-9(2)17-13(19)6-10(7-14(17)20)16-8-11-12(18)4-3-5-15(11)21-16/h3-9,19-20H,1-2H3. The van der Waals surface area contributed by atoms with Crippen LogP contribution in [0.1, 0.15) is 25.3 Å². The maximum Gasteiger partial charge on any atom is 0.137 e. The Hall–Kier alpha value is -2.49. The maximum absolute atomic E-state index is 13.7. The molecule has 1 heterocycles. The number of rotatable bonds is 2. The van der Waals surface area contributed by atoms with E-state index in [2.05, 4.69) is 0 Å². The molecule has 0 fully saturated rings. The van der Waals surface area contributed by atoms with E-state index in [-0.39, 0.29) is 23.2 Å². The first-order chi connectivity index (χ1) is 9.97. The molecule has 0 atom stereocenters. The number of hydrogen-bond acceptors (Lipinski definition) is 3. The second kappa shape index (κ2) is 4.81. The molecule has 0 bridgehead atoms. The van der Waals surface area contributed by atoms with Crippen molar-refractivity contribution in [1.29, 1.82) is 0 Å². The van der Waals surface area contributed by atoms with Gasteiger partial charge in [0, 0.05) is 11.1 Å². The molecule has 3 aromatic rings. The monoisotopic (exact) mass is 286 g/mol. The maximum atomic E-state index is 13.7. The van der Waals surface area contributed by atoms with Crippen LogP contribution in [0.4, 0.5) is 4.39 Å². The summed E-state index contributed by atoms with van der Waals surface area (Å²) < 4.78 is 19.3. The van der Waals surface area contributed by atoms with Gasteiger partial charge in [-0.1, -0.05) is 19.9 Å². The van der Waals surface area contributed by atoms with Crippen molar-refractivity contribution in [3.8, 4) is 22.8 Å². The van der Waals surface area contributed by atoms with Crippen LogP contribution >= 0.6 is 0 Å². The molecule has 3 nitrogen and oxygen atoms in total. The fourth-order valence-corrected chi connectivity index (χ4v) is 2.52. The van der Waals surface area contributed by atoms with Gasteiger partial charge in [-0.15, -0.1) is 0 Å². The molecule has 4 heteroatoms. The van der Waals surface area contributed by atoms with Crippen molar-refractivity contribution in [3.05, 3.63) is 47.8 Å². The van der Waals surface area contributed by atoms with E-state index in [0.29, 0.717) is 27.9 Å². The van der Waals surface area contributed by atoms with E-state index >= 15 is 0 Å². The number of phenolic OH excluding ortho intramolecular Hbond substituents is 2. The summed E-state index contributed by atoms with van der Waals surface area (Å²) in [7, 11) is 0. The zero-order chi connectivity index (χ0) is 15.1. The zero-order valence-corrected chi connectivity index (χ0v) is 11.7. The molecule has 3 rings (SSSR count). The van der Waals surface area contributed by atoms with E-state index in [0.717, 1.165) is 0 Å². The van der Waals surface area contributed by atoms with E-state index in [4.69, 9.17) is 4.42 Å². The van der Waals surface area contributed by atoms with Crippen LogP contribution < -0.4 is 0 Å². The van der Waals surface area contributed by atoms with Gasteiger partial charge in [0.25, 0.3) is 0 Å². The molecule has 0 aliphatic rings. The molecular formula is C17H15FO3. The quantitative estimate of drug-likeness (QED) is 0.713. The topological polar surface area (TPSA) is 53.6 Å². The highest BCUT2D eigenvalue weighted by Crippen LogP contribution is 2.39. The minimum absolute atomic E-state index is 0.000859. The van der Waals surface area contributed by atoms with Gasteiger partial charge >= 0.3 is 0 Å². The second-order valence-electron chi connectivity index (χ2n) is 5.35. The predicted octanol–water partition coefficient (Wildman–Crippen LogP) is 4.77. The smallest absolute Gasteiger partial charge is 0.137 e. The molecule has 0 radical (unpaired) electrons. The highest BCUT2D eigenvalue weighted by Gasteiger charge is 2.16. The number of benzene rings is 2. The predicted molar refractivity (Wildman–Crippen MR) is 79.0 cm³/mol. The van der Waals surface area contributed by atoms with Crippen molar-refractivity contribution < 1.29 is 19.0 Å². The van der Waals surface area contributed by atoms with Crippen molar-refractivity contribution in [1.82, 2.24) is 0 Å². The molecule has 1 aromatic heterocycles. The summed E-state index contributed by atoms with van der Waals surface area (Å²) in [5.74, 6) is 0.0276. The average molecular weight is 286 g/mol. The first-order valence-corrected chi connectivity index (χ1v) is 6.71. The van der Waals surface area contributed by atoms with Crippen molar-refractivity contribution in [2.45, 2.75) is 19.8 Å². The third-order valence-corrected chi connectivity index (χ3v) is 3.51. The third kappa shape index (κ3) is 2.23. The van der Waals surface area contributed by atoms with E-state index in [1.54, 1.807) is 18.2 Å². The Morgan fingerprint density at radius 1 is 1.05 bits per heavy atom. The second-order valence-corrected chi connectivity index (χ2v) is 5.35. The molecule has 0 unspecified atom stereocenters. The summed E-state index contributed by atoms with van der Waals surface area (Å²) in [6.45, 7) is 3.76. The lowest BCUT2D eigenvalue weighted by molar-refractivity contribution is 0.433. The highest BCUT2D eigenvalue weighted by molar-refractivity contribution is 5.84. The lowest BCUT2D eigenvalue weighted by atomic mass is 9.98. The normalized spacial score (nSPS) is 11.4. The summed E-state index contributed by atoms with van der Waals surface area (Å²) in [6.07, 6.45) is 0. The fourth-order valence-electron chi connectivity index (χ4n) is 2.52. The average Bonchev–Trinajstić information content (AvgIpc) is 2.82. The van der Waals surface area contributed by atoms with E-state index in [9.17, 15) is 14.6 Å². The van der Waals surface area contributed by atoms with Gasteiger partial charge in [-0.3, -0.25) is 0 Å². The van der Waals surface area contributed by atoms with Gasteiger partial charge < -0.3 is 14.6 Å². The van der Waals surface area contributed by atoms with Gasteiger partial charge in [0.15, 0.2) is 0 Å². The van der Waals surface area contributed by atoms with Crippen LogP contribution in [0.25, 0.3) is 22.3 Å². The molecule has 108 valence electrons. The number of aromatic hydroxyl groups is 2. The van der Waals surface area contributed by atoms with Crippen LogP contribution in [0.15, 0.2) is 40.8 Å². The Bertz CT molecular complexity index is 795. The molecule has 0 spiro atoms. The Labute approximate surface area is 121 Å². The minimum atomic E-state index is -0.366. The molecule has 21 heavy (non-hydrogen) atoms. The Morgan fingerprint density at radius 2 is 1.71 bits per heavy atom. The van der Waals surface area contributed by atoms with Gasteiger partial charge in [-0.2, -0.15) is 0 Å². The van der Waals surface area contributed by atoms with Gasteiger partial charge in [-0.25, -0.2) is 4.39 Å². The summed E-state index contributed by atoms with van der Waals surface area (Å²) in [6, 6.07) is 9.20. The van der Waals surface area contributed by atoms with Crippen molar-refractivity contribution >= 4 is 11.0 Å². The van der Waals surface area contributed by atoms with Crippen LogP contribution in [0.3, 0.4) is 0 Å². The van der Waals surface area contributed by atoms with Gasteiger partial charge in [0.1, 0.15) is 28.7 Å². The molecule has 0 saturated heterocycles. The third-order valence-electron chi connectivity index (χ3n) is 3.51. The lowest BCUT2D eigenvalue weighted by Gasteiger charge is -2.11. The van der Waals surface area contributed by atoms with Gasteiger partial charge in [0.05, 0.1) is 5.39 Å². The first-order valence-electron chi connectivity index (χ1n) is 6.71. The molecule has 0 aliphatic heterocycles. The molecule has 2 aromatic carbocycles. The number of furan rings is 1. The van der Waals surface area contributed by atoms with Crippen LogP contribution in [0.5, 0.6) is 11.5 Å². The van der Waals surface area contributed by atoms with Crippen molar-refractivity contribution in [3.63, 3.8) is 0 Å². The molecule has 2 N–H and O–H groups in total. The minimum Gasteiger partial charge on any atom is -0.507 e. The van der Waals surface area contributed by atoms with Crippen molar-refractivity contribution in [2.75, 3.05) is 0 Å². The number of fused-ring (bicyclic) bond motifs is 1. The molecule has 0 saturated carbocycles. The van der Waals surface area contributed by atoms with E-state index in [1.807, 2.05) is 13.8 Å². The lowest BCUT2D eigenvalue weighted by Crippen LogP contribution is -1.90. The number of phenols is 2. The van der Waals surface area contributed by atoms with E-state index in [1.165, 1.54) is 18.2 Å². The Kier molecular flexibility index (Phi) is 3.09. The summed E-state index contributed by atoms with van der Waals surface area (Å²) >= 11 is 0. The first kappa shape index (κ1) is 13.5. The SMILES string of the molecule is CC(C)c1c(O)cc(-c2cc3c(F)cccc3o2)cc1O. The van der Waals surface area contributed by atoms with Crippen LogP contribution in [-0.2, 0) is 0 Å². The summed E-state index contributed by atoms with van der Waals surface area (Å²) in [5.41, 5.74) is 1.42. The molecule has 0 aliphatic carbocycles. The number of hydrogen-bond donors (Lipinski definition) is 2. The summed E-state index contributed by atoms with van der Waals surface area (Å²) in [4.78, 5) is 0. The van der Waals surface area contributed by atoms with Crippen LogP contribution in [0.2, 0.25) is 0 Å². The zero-order valence-electron chi connectivity index (χ0n) is 11.7. The molecule has 0 amide bonds. The van der Waals surface area contributed by atoms with Gasteiger partial charge in [-0.05, 0) is 36.2 Å². The van der Waals surface area contributed by atoms with E-state index < -0.39 is 0 Å².